The van der Waals surface area contributed by atoms with Gasteiger partial charge in [0.25, 0.3) is 10.0 Å². The van der Waals surface area contributed by atoms with Gasteiger partial charge in [0, 0.05) is 6.07 Å². The molecule has 23 heavy (non-hydrogen) atoms. The number of hydrogen-bond acceptors (Lipinski definition) is 4. The zero-order valence-corrected chi connectivity index (χ0v) is 12.7. The molecule has 0 atom stereocenters. The molecule has 0 aliphatic rings. The Kier molecular flexibility index (Phi) is 3.83. The van der Waals surface area contributed by atoms with Crippen LogP contribution < -0.4 is 4.72 Å². The number of rotatable bonds is 4. The maximum Gasteiger partial charge on any atom is 0.263 e. The van der Waals surface area contributed by atoms with E-state index in [1.54, 1.807) is 42.5 Å². The van der Waals surface area contributed by atoms with Crippen LogP contribution in [0.3, 0.4) is 0 Å². The molecule has 1 heterocycles. The third kappa shape index (κ3) is 3.07. The van der Waals surface area contributed by atoms with E-state index >= 15 is 0 Å². The highest BCUT2D eigenvalue weighted by molar-refractivity contribution is 7.92. The summed E-state index contributed by atoms with van der Waals surface area (Å²) in [7, 11) is -3.76. The molecule has 1 aromatic heterocycles. The smallest absolute Gasteiger partial charge is 0.263 e. The van der Waals surface area contributed by atoms with Crippen molar-refractivity contribution >= 4 is 15.8 Å². The standard InChI is InChI=1S/C16H12N4O2S/c17-12-13-11-16(20(18-13)14-7-3-1-4-8-14)19-23(21,22)15-9-5-2-6-10-15/h1-11,19H. The summed E-state index contributed by atoms with van der Waals surface area (Å²) in [6.45, 7) is 0. The fourth-order valence-corrected chi connectivity index (χ4v) is 3.12. The molecule has 0 bridgehead atoms. The molecule has 0 aliphatic heterocycles. The SMILES string of the molecule is N#Cc1cc(NS(=O)(=O)c2ccccc2)n(-c2ccccc2)n1. The second-order valence-corrected chi connectivity index (χ2v) is 6.37. The molecule has 0 saturated carbocycles. The molecular weight excluding hydrogens is 312 g/mol. The minimum atomic E-state index is -3.76. The minimum absolute atomic E-state index is 0.125. The molecule has 6 nitrogen and oxygen atoms in total. The van der Waals surface area contributed by atoms with E-state index < -0.39 is 10.0 Å². The summed E-state index contributed by atoms with van der Waals surface area (Å²) >= 11 is 0. The van der Waals surface area contributed by atoms with Crippen molar-refractivity contribution in [2.24, 2.45) is 0 Å². The van der Waals surface area contributed by atoms with Crippen molar-refractivity contribution in [2.45, 2.75) is 4.90 Å². The molecule has 0 unspecified atom stereocenters. The lowest BCUT2D eigenvalue weighted by molar-refractivity contribution is 0.600. The second-order valence-electron chi connectivity index (χ2n) is 4.69. The number of hydrogen-bond donors (Lipinski definition) is 1. The van der Waals surface area contributed by atoms with Crippen molar-refractivity contribution < 1.29 is 8.42 Å². The summed E-state index contributed by atoms with van der Waals surface area (Å²) < 4.78 is 28.8. The Morgan fingerprint density at radius 1 is 1.00 bits per heavy atom. The Balaban J connectivity index is 2.04. The molecule has 0 spiro atoms. The number of anilines is 1. The largest absolute Gasteiger partial charge is 0.263 e. The number of aromatic nitrogens is 2. The fraction of sp³-hybridized carbons (Fsp3) is 0. The van der Waals surface area contributed by atoms with Crippen LogP contribution in [0.2, 0.25) is 0 Å². The van der Waals surface area contributed by atoms with E-state index in [9.17, 15) is 8.42 Å². The van der Waals surface area contributed by atoms with E-state index in [1.807, 2.05) is 12.1 Å². The molecule has 2 aromatic carbocycles. The van der Waals surface area contributed by atoms with Crippen LogP contribution in [0.1, 0.15) is 5.69 Å². The predicted molar refractivity (Wildman–Crippen MR) is 85.5 cm³/mol. The Bertz CT molecular complexity index is 958. The van der Waals surface area contributed by atoms with E-state index in [1.165, 1.54) is 22.9 Å². The van der Waals surface area contributed by atoms with Crippen LogP contribution in [0.15, 0.2) is 71.6 Å². The lowest BCUT2D eigenvalue weighted by Gasteiger charge is -2.10. The predicted octanol–water partition coefficient (Wildman–Crippen LogP) is 2.54. The van der Waals surface area contributed by atoms with E-state index in [-0.39, 0.29) is 16.4 Å². The Morgan fingerprint density at radius 2 is 1.61 bits per heavy atom. The molecule has 0 amide bonds. The normalized spacial score (nSPS) is 10.9. The minimum Gasteiger partial charge on any atom is -0.263 e. The van der Waals surface area contributed by atoms with Crippen LogP contribution in [-0.4, -0.2) is 18.2 Å². The number of sulfonamides is 1. The van der Waals surface area contributed by atoms with Crippen LogP contribution in [0, 0.1) is 11.3 Å². The first-order valence-corrected chi connectivity index (χ1v) is 8.22. The molecule has 114 valence electrons. The summed E-state index contributed by atoms with van der Waals surface area (Å²) in [6.07, 6.45) is 0. The van der Waals surface area contributed by atoms with Gasteiger partial charge < -0.3 is 0 Å². The summed E-state index contributed by atoms with van der Waals surface area (Å²) in [6, 6.07) is 20.3. The van der Waals surface area contributed by atoms with Crippen LogP contribution in [0.25, 0.3) is 5.69 Å². The lowest BCUT2D eigenvalue weighted by atomic mass is 10.3. The highest BCUT2D eigenvalue weighted by Crippen LogP contribution is 2.20. The van der Waals surface area contributed by atoms with Gasteiger partial charge in [0.2, 0.25) is 0 Å². The first kappa shape index (κ1) is 14.8. The average Bonchev–Trinajstić information content (AvgIpc) is 2.99. The maximum absolute atomic E-state index is 12.4. The van der Waals surface area contributed by atoms with Gasteiger partial charge in [-0.15, -0.1) is 0 Å². The van der Waals surface area contributed by atoms with Gasteiger partial charge in [-0.05, 0) is 24.3 Å². The van der Waals surface area contributed by atoms with Crippen LogP contribution in [0.4, 0.5) is 5.82 Å². The topological polar surface area (TPSA) is 87.8 Å². The van der Waals surface area contributed by atoms with Gasteiger partial charge in [-0.2, -0.15) is 10.4 Å². The van der Waals surface area contributed by atoms with Crippen LogP contribution >= 0.6 is 0 Å². The van der Waals surface area contributed by atoms with Gasteiger partial charge in [0.1, 0.15) is 11.9 Å². The highest BCUT2D eigenvalue weighted by atomic mass is 32.2. The molecule has 3 aromatic rings. The van der Waals surface area contributed by atoms with E-state index in [0.29, 0.717) is 5.69 Å². The van der Waals surface area contributed by atoms with Crippen molar-refractivity contribution in [3.63, 3.8) is 0 Å². The first-order valence-electron chi connectivity index (χ1n) is 6.73. The third-order valence-corrected chi connectivity index (χ3v) is 4.49. The molecule has 0 fully saturated rings. The van der Waals surface area contributed by atoms with Crippen molar-refractivity contribution in [1.82, 2.24) is 9.78 Å². The monoisotopic (exact) mass is 324 g/mol. The lowest BCUT2D eigenvalue weighted by Crippen LogP contribution is -2.15. The number of nitriles is 1. The molecular formula is C16H12N4O2S. The summed E-state index contributed by atoms with van der Waals surface area (Å²) in [5.41, 5.74) is 0.777. The molecule has 0 aliphatic carbocycles. The molecule has 3 rings (SSSR count). The quantitative estimate of drug-likeness (QED) is 0.799. The van der Waals surface area contributed by atoms with Crippen LogP contribution in [-0.2, 0) is 10.0 Å². The van der Waals surface area contributed by atoms with Gasteiger partial charge >= 0.3 is 0 Å². The number of nitrogens with zero attached hydrogens (tertiary/aromatic N) is 3. The average molecular weight is 324 g/mol. The first-order chi connectivity index (χ1) is 11.1. The van der Waals surface area contributed by atoms with Crippen molar-refractivity contribution in [1.29, 1.82) is 5.26 Å². The Hall–Kier alpha value is -3.11. The van der Waals surface area contributed by atoms with Crippen molar-refractivity contribution in [3.05, 3.63) is 72.4 Å². The number of benzene rings is 2. The van der Waals surface area contributed by atoms with Gasteiger partial charge in [-0.25, -0.2) is 13.1 Å². The third-order valence-electron chi connectivity index (χ3n) is 3.12. The summed E-state index contributed by atoms with van der Waals surface area (Å²) in [4.78, 5) is 0.138. The van der Waals surface area contributed by atoms with Gasteiger partial charge in [0.05, 0.1) is 10.6 Å². The van der Waals surface area contributed by atoms with Gasteiger partial charge in [-0.3, -0.25) is 4.72 Å². The molecule has 7 heteroatoms. The van der Waals surface area contributed by atoms with E-state index in [2.05, 4.69) is 9.82 Å². The Morgan fingerprint density at radius 3 is 2.22 bits per heavy atom. The molecule has 0 radical (unpaired) electrons. The zero-order valence-electron chi connectivity index (χ0n) is 11.9. The molecule has 0 saturated heterocycles. The maximum atomic E-state index is 12.4. The highest BCUT2D eigenvalue weighted by Gasteiger charge is 2.18. The van der Waals surface area contributed by atoms with E-state index in [4.69, 9.17) is 5.26 Å². The molecule has 1 N–H and O–H groups in total. The zero-order chi connectivity index (χ0) is 16.3. The van der Waals surface area contributed by atoms with Crippen LogP contribution in [0.5, 0.6) is 0 Å². The summed E-state index contributed by atoms with van der Waals surface area (Å²) in [5.74, 6) is 0.205. The van der Waals surface area contributed by atoms with E-state index in [0.717, 1.165) is 0 Å². The fourth-order valence-electron chi connectivity index (χ4n) is 2.07. The number of nitrogens with one attached hydrogen (secondary N) is 1. The van der Waals surface area contributed by atoms with Crippen molar-refractivity contribution in [2.75, 3.05) is 4.72 Å². The Labute approximate surface area is 133 Å². The second kappa shape index (κ2) is 5.94. The summed E-state index contributed by atoms with van der Waals surface area (Å²) in [5, 5.41) is 13.1. The van der Waals surface area contributed by atoms with Gasteiger partial charge in [0.15, 0.2) is 5.69 Å². The van der Waals surface area contributed by atoms with Crippen molar-refractivity contribution in [3.8, 4) is 11.8 Å². The number of para-hydroxylation sites is 1. The van der Waals surface area contributed by atoms with Gasteiger partial charge in [-0.1, -0.05) is 36.4 Å².